The van der Waals surface area contributed by atoms with Crippen molar-refractivity contribution in [3.05, 3.63) is 29.3 Å². The highest BCUT2D eigenvalue weighted by molar-refractivity contribution is 14.1. The minimum absolute atomic E-state index is 0.00209. The smallest absolute Gasteiger partial charge is 0.342 e. The van der Waals surface area contributed by atoms with Crippen LogP contribution >= 0.6 is 21.0 Å². The molecule has 2 N–H and O–H groups in total. The lowest BCUT2D eigenvalue weighted by atomic mass is 9.88. The summed E-state index contributed by atoms with van der Waals surface area (Å²) in [5.41, 5.74) is -3.56. The molecule has 2 fully saturated rings. The Hall–Kier alpha value is -1.73. The van der Waals surface area contributed by atoms with Crippen LogP contribution in [0.1, 0.15) is 49.7 Å². The van der Waals surface area contributed by atoms with E-state index in [1.165, 1.54) is 0 Å². The molecule has 12 heteroatoms. The highest BCUT2D eigenvalue weighted by Gasteiger charge is 2.38. The summed E-state index contributed by atoms with van der Waals surface area (Å²) in [5, 5.41) is 2.15. The molecule has 1 aromatic rings. The van der Waals surface area contributed by atoms with Crippen LogP contribution in [0.25, 0.3) is 0 Å². The zero-order chi connectivity index (χ0) is 24.4. The molecule has 184 valence electrons. The Morgan fingerprint density at radius 1 is 1.00 bits per heavy atom. The Balaban J connectivity index is 1.62. The highest BCUT2D eigenvalue weighted by atomic mass is 127. The van der Waals surface area contributed by atoms with Crippen LogP contribution < -0.4 is 5.32 Å². The molecule has 1 heterocycles. The predicted octanol–water partition coefficient (Wildman–Crippen LogP) is 6.19. The third-order valence-corrected chi connectivity index (χ3v) is 8.37. The van der Waals surface area contributed by atoms with Crippen LogP contribution in [0.4, 0.5) is 32.0 Å². The summed E-state index contributed by atoms with van der Waals surface area (Å²) in [6.07, 6.45) is -5.93. The average Bonchev–Trinajstić information content (AvgIpc) is 3.19. The zero-order valence-electron chi connectivity index (χ0n) is 17.5. The quantitative estimate of drug-likeness (QED) is 0.244. The number of anilines is 1. The number of amides is 2. The second kappa shape index (κ2) is 10.3. The minimum Gasteiger partial charge on any atom is -0.342 e. The first-order valence-corrected chi connectivity index (χ1v) is 12.9. The molecule has 1 aliphatic carbocycles. The van der Waals surface area contributed by atoms with Crippen LogP contribution in [0.15, 0.2) is 18.2 Å². The molecule has 0 radical (unpaired) electrons. The standard InChI is InChI=1S/C21H24F6IN3O2/c22-20(23,24)13-8-14(21(25,26)27)10-15(9-13)30-18(32)7-12-5-6-31(11-12)19(33)16-3-1-2-4-17(16)28-29/h8-10,12,16-17,29H,1-7,11H2,(H,30,32)/t12?,16-,17+/m1/s1. The number of alkyl halides is 7. The van der Waals surface area contributed by atoms with E-state index in [2.05, 4.69) is 5.32 Å². The third kappa shape index (κ3) is 6.66. The van der Waals surface area contributed by atoms with Crippen molar-refractivity contribution >= 4 is 38.5 Å². The number of benzene rings is 1. The van der Waals surface area contributed by atoms with Crippen molar-refractivity contribution in [2.24, 2.45) is 11.8 Å². The van der Waals surface area contributed by atoms with E-state index >= 15 is 0 Å². The zero-order valence-corrected chi connectivity index (χ0v) is 19.7. The van der Waals surface area contributed by atoms with E-state index in [4.69, 9.17) is 3.56 Å². The largest absolute Gasteiger partial charge is 0.416 e. The van der Waals surface area contributed by atoms with Crippen LogP contribution in [0.3, 0.4) is 0 Å². The van der Waals surface area contributed by atoms with Crippen LogP contribution in [0, 0.1) is 15.4 Å². The molecule has 1 unspecified atom stereocenters. The molecule has 2 aliphatic rings. The summed E-state index contributed by atoms with van der Waals surface area (Å²) in [7, 11) is 0. The lowest BCUT2D eigenvalue weighted by molar-refractivity contribution is -0.143. The van der Waals surface area contributed by atoms with E-state index in [1.54, 1.807) is 4.90 Å². The number of nitrogens with one attached hydrogen (secondary N) is 2. The molecule has 33 heavy (non-hydrogen) atoms. The molecular weight excluding hydrogens is 567 g/mol. The molecule has 2 amide bonds. The van der Waals surface area contributed by atoms with Crippen molar-refractivity contribution in [2.45, 2.75) is 54.8 Å². The number of carbonyl (C=O) groups excluding carboxylic acids is 2. The first kappa shape index (κ1) is 25.9. The number of carbonyl (C=O) groups is 2. The van der Waals surface area contributed by atoms with Gasteiger partial charge in [0.1, 0.15) is 0 Å². The third-order valence-electron chi connectivity index (χ3n) is 6.08. The van der Waals surface area contributed by atoms with Gasteiger partial charge in [0.2, 0.25) is 11.8 Å². The van der Waals surface area contributed by atoms with Gasteiger partial charge in [0, 0.05) is 29.1 Å². The van der Waals surface area contributed by atoms with Crippen molar-refractivity contribution in [1.82, 2.24) is 4.90 Å². The summed E-state index contributed by atoms with van der Waals surface area (Å²) in [4.78, 5) is 27.0. The van der Waals surface area contributed by atoms with Crippen molar-refractivity contribution in [3.63, 3.8) is 0 Å². The highest BCUT2D eigenvalue weighted by Crippen LogP contribution is 2.38. The molecule has 3 atom stereocenters. The van der Waals surface area contributed by atoms with E-state index in [-0.39, 0.29) is 34.2 Å². The number of rotatable bonds is 5. The van der Waals surface area contributed by atoms with E-state index in [0.717, 1.165) is 25.7 Å². The summed E-state index contributed by atoms with van der Waals surface area (Å²) in [6, 6.07) is 0.962. The Morgan fingerprint density at radius 3 is 2.18 bits per heavy atom. The second-order valence-electron chi connectivity index (χ2n) is 8.50. The van der Waals surface area contributed by atoms with Gasteiger partial charge in [0.15, 0.2) is 0 Å². The number of hydrogen-bond acceptors (Lipinski definition) is 3. The summed E-state index contributed by atoms with van der Waals surface area (Å²) >= 11 is -0.803. The average molecular weight is 591 g/mol. The van der Waals surface area contributed by atoms with Crippen molar-refractivity contribution in [2.75, 3.05) is 18.4 Å². The first-order chi connectivity index (χ1) is 15.4. The molecule has 0 bridgehead atoms. The summed E-state index contributed by atoms with van der Waals surface area (Å²) < 4.78 is 85.9. The lowest BCUT2D eigenvalue weighted by Crippen LogP contribution is -2.39. The lowest BCUT2D eigenvalue weighted by Gasteiger charge is -2.30. The monoisotopic (exact) mass is 591 g/mol. The van der Waals surface area contributed by atoms with Gasteiger partial charge < -0.3 is 10.2 Å². The number of nitrogens with zero attached hydrogens (tertiary/aromatic N) is 1. The normalized spacial score (nSPS) is 24.1. The van der Waals surface area contributed by atoms with Gasteiger partial charge in [-0.1, -0.05) is 12.8 Å². The van der Waals surface area contributed by atoms with E-state index in [1.807, 2.05) is 0 Å². The Morgan fingerprint density at radius 2 is 1.61 bits per heavy atom. The van der Waals surface area contributed by atoms with Gasteiger partial charge in [-0.2, -0.15) is 26.3 Å². The maximum atomic E-state index is 13.0. The van der Waals surface area contributed by atoms with Gasteiger partial charge in [-0.25, -0.2) is 0 Å². The van der Waals surface area contributed by atoms with E-state index < -0.39 is 56.1 Å². The molecule has 1 saturated heterocycles. The van der Waals surface area contributed by atoms with Gasteiger partial charge in [-0.05, 0) is 64.4 Å². The molecule has 3 rings (SSSR count). The number of halogens is 7. The van der Waals surface area contributed by atoms with Crippen molar-refractivity contribution in [3.8, 4) is 0 Å². The molecule has 1 aliphatic heterocycles. The fourth-order valence-electron chi connectivity index (χ4n) is 4.43. The molecule has 1 saturated carbocycles. The summed E-state index contributed by atoms with van der Waals surface area (Å²) in [5.74, 6) is -1.08. The Bertz CT molecular complexity index is 873. The number of hydrogen-bond donors (Lipinski definition) is 2. The van der Waals surface area contributed by atoms with Gasteiger partial charge >= 0.3 is 12.4 Å². The van der Waals surface area contributed by atoms with Crippen LogP contribution in [-0.4, -0.2) is 33.7 Å². The fourth-order valence-corrected chi connectivity index (χ4v) is 6.28. The molecular formula is C21H24F6IN3O2. The van der Waals surface area contributed by atoms with E-state index in [0.29, 0.717) is 31.6 Å². The Labute approximate surface area is 197 Å². The van der Waals surface area contributed by atoms with Gasteiger partial charge in [-0.3, -0.25) is 13.2 Å². The van der Waals surface area contributed by atoms with Crippen LogP contribution in [-0.2, 0) is 21.9 Å². The van der Waals surface area contributed by atoms with Crippen molar-refractivity contribution in [1.29, 1.82) is 3.56 Å². The number of likely N-dealkylation sites (tertiary alicyclic amines) is 1. The summed E-state index contributed by atoms with van der Waals surface area (Å²) in [6.45, 7) is 0.778. The Kier molecular flexibility index (Phi) is 8.05. The maximum Gasteiger partial charge on any atom is 0.416 e. The van der Waals surface area contributed by atoms with Crippen LogP contribution in [0.5, 0.6) is 0 Å². The van der Waals surface area contributed by atoms with E-state index in [9.17, 15) is 35.9 Å². The second-order valence-corrected chi connectivity index (χ2v) is 10.7. The minimum atomic E-state index is -4.99. The van der Waals surface area contributed by atoms with Crippen LogP contribution in [0.2, 0.25) is 0 Å². The predicted molar refractivity (Wildman–Crippen MR) is 117 cm³/mol. The first-order valence-electron chi connectivity index (χ1n) is 10.6. The molecule has 1 aromatic carbocycles. The van der Waals surface area contributed by atoms with Crippen molar-refractivity contribution < 1.29 is 35.9 Å². The van der Waals surface area contributed by atoms with Gasteiger partial charge in [-0.15, -0.1) is 0 Å². The van der Waals surface area contributed by atoms with Gasteiger partial charge in [0.25, 0.3) is 0 Å². The molecule has 5 nitrogen and oxygen atoms in total. The topological polar surface area (TPSA) is 73.3 Å². The molecule has 0 spiro atoms. The maximum absolute atomic E-state index is 13.0. The molecule has 0 aromatic heterocycles. The SMILES string of the molecule is N=I[C@H]1CCCC[C@H]1C(=O)N1CCC(CC(=O)Nc2cc(C(F)(F)F)cc(C(F)(F)F)c2)C1. The van der Waals surface area contributed by atoms with Gasteiger partial charge in [0.05, 0.1) is 17.0 Å². The fraction of sp³-hybridized carbons (Fsp3) is 0.619.